The van der Waals surface area contributed by atoms with Gasteiger partial charge in [0.05, 0.1) is 5.56 Å². The van der Waals surface area contributed by atoms with E-state index in [4.69, 9.17) is 4.74 Å². The van der Waals surface area contributed by atoms with E-state index < -0.39 is 29.6 Å². The molecule has 1 saturated carbocycles. The predicted octanol–water partition coefficient (Wildman–Crippen LogP) is 2.96. The highest BCUT2D eigenvalue weighted by Crippen LogP contribution is 2.17. The second kappa shape index (κ2) is 7.33. The summed E-state index contributed by atoms with van der Waals surface area (Å²) in [6.07, 6.45) is 4.13. The van der Waals surface area contributed by atoms with Crippen LogP contribution in [0.1, 0.15) is 49.4 Å². The molecule has 0 aliphatic heterocycles. The Kier molecular flexibility index (Phi) is 5.46. The van der Waals surface area contributed by atoms with Gasteiger partial charge in [-0.05, 0) is 31.9 Å². The van der Waals surface area contributed by atoms with Crippen LogP contribution in [0.4, 0.5) is 8.78 Å². The number of benzene rings is 1. The van der Waals surface area contributed by atoms with Crippen LogP contribution >= 0.6 is 0 Å². The van der Waals surface area contributed by atoms with E-state index in [-0.39, 0.29) is 11.6 Å². The van der Waals surface area contributed by atoms with Gasteiger partial charge in [-0.15, -0.1) is 0 Å². The maximum absolute atomic E-state index is 13.1. The van der Waals surface area contributed by atoms with Crippen molar-refractivity contribution in [1.29, 1.82) is 0 Å². The van der Waals surface area contributed by atoms with Gasteiger partial charge in [0.25, 0.3) is 5.91 Å². The van der Waals surface area contributed by atoms with Gasteiger partial charge in [0.15, 0.2) is 6.10 Å². The van der Waals surface area contributed by atoms with Gasteiger partial charge in [0.1, 0.15) is 11.6 Å². The zero-order chi connectivity index (χ0) is 16.1. The molecular formula is C16H19F2NO3. The lowest BCUT2D eigenvalue weighted by molar-refractivity contribution is -0.130. The highest BCUT2D eigenvalue weighted by molar-refractivity contribution is 5.92. The van der Waals surface area contributed by atoms with Gasteiger partial charge in [-0.2, -0.15) is 0 Å². The van der Waals surface area contributed by atoms with E-state index in [0.29, 0.717) is 6.07 Å². The van der Waals surface area contributed by atoms with Crippen molar-refractivity contribution in [1.82, 2.24) is 5.32 Å². The molecule has 1 fully saturated rings. The number of nitrogens with one attached hydrogen (secondary N) is 1. The number of hydrogen-bond donors (Lipinski definition) is 1. The third-order valence-electron chi connectivity index (χ3n) is 3.70. The van der Waals surface area contributed by atoms with E-state index in [2.05, 4.69) is 5.32 Å². The van der Waals surface area contributed by atoms with E-state index in [9.17, 15) is 18.4 Å². The van der Waals surface area contributed by atoms with E-state index >= 15 is 0 Å². The number of ether oxygens (including phenoxy) is 1. The zero-order valence-corrected chi connectivity index (χ0v) is 12.4. The lowest BCUT2D eigenvalue weighted by Crippen LogP contribution is -2.42. The normalized spacial score (nSPS) is 16.9. The van der Waals surface area contributed by atoms with Crippen molar-refractivity contribution in [2.75, 3.05) is 0 Å². The molecule has 1 unspecified atom stereocenters. The highest BCUT2D eigenvalue weighted by atomic mass is 19.1. The molecule has 0 bridgehead atoms. The summed E-state index contributed by atoms with van der Waals surface area (Å²) in [5, 5.41) is 2.83. The van der Waals surface area contributed by atoms with Gasteiger partial charge >= 0.3 is 5.97 Å². The number of carbonyl (C=O) groups excluding carboxylic acids is 2. The van der Waals surface area contributed by atoms with Crippen LogP contribution in [-0.4, -0.2) is 24.0 Å². The fourth-order valence-corrected chi connectivity index (χ4v) is 2.52. The molecule has 6 heteroatoms. The van der Waals surface area contributed by atoms with E-state index in [0.717, 1.165) is 37.8 Å². The minimum atomic E-state index is -1.01. The molecule has 120 valence electrons. The van der Waals surface area contributed by atoms with Gasteiger partial charge in [-0.25, -0.2) is 13.6 Å². The minimum Gasteiger partial charge on any atom is -0.449 e. The number of esters is 1. The molecular weight excluding hydrogens is 292 g/mol. The smallest absolute Gasteiger partial charge is 0.339 e. The number of rotatable bonds is 4. The summed E-state index contributed by atoms with van der Waals surface area (Å²) in [5.74, 6) is -3.06. The fourth-order valence-electron chi connectivity index (χ4n) is 2.52. The molecule has 1 aliphatic rings. The van der Waals surface area contributed by atoms with E-state index in [1.165, 1.54) is 13.3 Å². The van der Waals surface area contributed by atoms with E-state index in [1.807, 2.05) is 0 Å². The Labute approximate surface area is 127 Å². The van der Waals surface area contributed by atoms with Gasteiger partial charge in [0, 0.05) is 12.1 Å². The summed E-state index contributed by atoms with van der Waals surface area (Å²) in [6.45, 7) is 1.44. The van der Waals surface area contributed by atoms with Crippen LogP contribution in [0.5, 0.6) is 0 Å². The molecule has 22 heavy (non-hydrogen) atoms. The van der Waals surface area contributed by atoms with E-state index in [1.54, 1.807) is 0 Å². The second-order valence-electron chi connectivity index (χ2n) is 5.55. The van der Waals surface area contributed by atoms with Crippen LogP contribution in [0.25, 0.3) is 0 Å². The van der Waals surface area contributed by atoms with Crippen LogP contribution in [0.3, 0.4) is 0 Å². The van der Waals surface area contributed by atoms with Crippen LogP contribution in [0.15, 0.2) is 18.2 Å². The summed E-state index contributed by atoms with van der Waals surface area (Å²) in [6, 6.07) is 2.51. The average Bonchev–Trinajstić information content (AvgIpc) is 2.47. The molecule has 1 atom stereocenters. The van der Waals surface area contributed by atoms with Crippen molar-refractivity contribution in [2.24, 2.45) is 0 Å². The van der Waals surface area contributed by atoms with Crippen molar-refractivity contribution in [3.8, 4) is 0 Å². The molecule has 2 rings (SSSR count). The van der Waals surface area contributed by atoms with Crippen molar-refractivity contribution in [3.63, 3.8) is 0 Å². The van der Waals surface area contributed by atoms with Crippen LogP contribution in [0.2, 0.25) is 0 Å². The fraction of sp³-hybridized carbons (Fsp3) is 0.500. The molecule has 0 radical (unpaired) electrons. The summed E-state index contributed by atoms with van der Waals surface area (Å²) in [4.78, 5) is 23.8. The van der Waals surface area contributed by atoms with Gasteiger partial charge in [-0.1, -0.05) is 19.3 Å². The Morgan fingerprint density at radius 3 is 2.32 bits per heavy atom. The Bertz CT molecular complexity index is 536. The van der Waals surface area contributed by atoms with Crippen molar-refractivity contribution in [2.45, 2.75) is 51.2 Å². The van der Waals surface area contributed by atoms with Crippen molar-refractivity contribution in [3.05, 3.63) is 35.4 Å². The Hall–Kier alpha value is -1.98. The maximum Gasteiger partial charge on any atom is 0.339 e. The molecule has 1 N–H and O–H groups in total. The van der Waals surface area contributed by atoms with Crippen LogP contribution < -0.4 is 5.32 Å². The van der Waals surface area contributed by atoms with Crippen LogP contribution in [0, 0.1) is 11.6 Å². The minimum absolute atomic E-state index is 0.106. The molecule has 0 saturated heterocycles. The third kappa shape index (κ3) is 4.51. The van der Waals surface area contributed by atoms with Gasteiger partial charge in [0.2, 0.25) is 0 Å². The number of amides is 1. The largest absolute Gasteiger partial charge is 0.449 e. The first-order chi connectivity index (χ1) is 10.5. The monoisotopic (exact) mass is 311 g/mol. The topological polar surface area (TPSA) is 55.4 Å². The Morgan fingerprint density at radius 2 is 1.73 bits per heavy atom. The molecule has 1 aromatic carbocycles. The number of hydrogen-bond acceptors (Lipinski definition) is 3. The average molecular weight is 311 g/mol. The standard InChI is InChI=1S/C16H19F2NO3/c1-10(15(20)19-14-5-3-2-4-6-14)22-16(21)11-7-12(17)9-13(18)8-11/h7-10,14H,2-6H2,1H3,(H,19,20). The highest BCUT2D eigenvalue weighted by Gasteiger charge is 2.23. The maximum atomic E-state index is 13.1. The summed E-state index contributed by atoms with van der Waals surface area (Å²) < 4.78 is 31.1. The first-order valence-corrected chi connectivity index (χ1v) is 7.43. The molecule has 4 nitrogen and oxygen atoms in total. The lowest BCUT2D eigenvalue weighted by Gasteiger charge is -2.24. The molecule has 0 aromatic heterocycles. The number of halogens is 2. The molecule has 1 aromatic rings. The van der Waals surface area contributed by atoms with Gasteiger partial charge < -0.3 is 10.1 Å². The molecule has 0 heterocycles. The summed E-state index contributed by atoms with van der Waals surface area (Å²) in [7, 11) is 0. The van der Waals surface area contributed by atoms with Crippen LogP contribution in [-0.2, 0) is 9.53 Å². The third-order valence-corrected chi connectivity index (χ3v) is 3.70. The first kappa shape index (κ1) is 16.4. The zero-order valence-electron chi connectivity index (χ0n) is 12.4. The lowest BCUT2D eigenvalue weighted by atomic mass is 9.95. The summed E-state index contributed by atoms with van der Waals surface area (Å²) in [5.41, 5.74) is -0.255. The molecule has 1 amide bonds. The molecule has 1 aliphatic carbocycles. The number of carbonyl (C=O) groups is 2. The first-order valence-electron chi connectivity index (χ1n) is 7.43. The second-order valence-corrected chi connectivity index (χ2v) is 5.55. The Morgan fingerprint density at radius 1 is 1.14 bits per heavy atom. The van der Waals surface area contributed by atoms with Crippen molar-refractivity contribution >= 4 is 11.9 Å². The summed E-state index contributed by atoms with van der Waals surface area (Å²) >= 11 is 0. The predicted molar refractivity (Wildman–Crippen MR) is 76.3 cm³/mol. The van der Waals surface area contributed by atoms with Crippen molar-refractivity contribution < 1.29 is 23.1 Å². The Balaban J connectivity index is 1.90. The molecule has 0 spiro atoms. The van der Waals surface area contributed by atoms with Gasteiger partial charge in [-0.3, -0.25) is 4.79 Å². The SMILES string of the molecule is CC(OC(=O)c1cc(F)cc(F)c1)C(=O)NC1CCCCC1. The quantitative estimate of drug-likeness (QED) is 0.870.